The average Bonchev–Trinajstić information content (AvgIpc) is 2.42. The number of nitrogens with one attached hydrogen (secondary N) is 1. The van der Waals surface area contributed by atoms with Crippen molar-refractivity contribution < 1.29 is 19.4 Å². The van der Waals surface area contributed by atoms with Gasteiger partial charge >= 0.3 is 5.97 Å². The van der Waals surface area contributed by atoms with E-state index in [0.29, 0.717) is 18.1 Å². The molecule has 1 saturated carbocycles. The smallest absolute Gasteiger partial charge is 0.326 e. The van der Waals surface area contributed by atoms with Crippen LogP contribution in [0.5, 0.6) is 5.75 Å². The van der Waals surface area contributed by atoms with Gasteiger partial charge < -0.3 is 15.2 Å². The van der Waals surface area contributed by atoms with Crippen molar-refractivity contribution in [2.75, 3.05) is 0 Å². The molecule has 5 nitrogen and oxygen atoms in total. The highest BCUT2D eigenvalue weighted by Gasteiger charge is 2.22. The molecular weight excluding hydrogens is 282 g/mol. The maximum Gasteiger partial charge on any atom is 0.326 e. The summed E-state index contributed by atoms with van der Waals surface area (Å²) in [6.45, 7) is 3.85. The second-order valence-electron chi connectivity index (χ2n) is 6.19. The Morgan fingerprint density at radius 2 is 1.91 bits per heavy atom. The number of carboxylic acid groups (broad SMARTS) is 1. The highest BCUT2D eigenvalue weighted by Crippen LogP contribution is 2.25. The molecule has 0 bridgehead atoms. The molecule has 5 heteroatoms. The van der Waals surface area contributed by atoms with Crippen LogP contribution in [0.1, 0.15) is 49.9 Å². The lowest BCUT2D eigenvalue weighted by molar-refractivity contribution is -0.139. The standard InChI is InChI=1S/C17H23NO4/c1-11(2)10-15(17(20)21)18-16(19)12-6-8-14(9-7-12)22-13-4-3-5-13/h6-9,11,13,15H,3-5,10H2,1-2H3,(H,18,19)(H,20,21)/t15-/m1/s1. The Labute approximate surface area is 130 Å². The Kier molecular flexibility index (Phi) is 5.41. The van der Waals surface area contributed by atoms with Gasteiger partial charge in [-0.1, -0.05) is 13.8 Å². The third-order valence-corrected chi connectivity index (χ3v) is 3.78. The molecule has 2 rings (SSSR count). The summed E-state index contributed by atoms with van der Waals surface area (Å²) in [6, 6.07) is 5.98. The van der Waals surface area contributed by atoms with Crippen LogP contribution in [0.3, 0.4) is 0 Å². The van der Waals surface area contributed by atoms with Crippen LogP contribution in [0, 0.1) is 5.92 Å². The maximum absolute atomic E-state index is 12.1. The Hall–Kier alpha value is -2.04. The Morgan fingerprint density at radius 1 is 1.27 bits per heavy atom. The molecule has 1 atom stereocenters. The number of ether oxygens (including phenoxy) is 1. The van der Waals surface area contributed by atoms with E-state index in [1.54, 1.807) is 24.3 Å². The SMILES string of the molecule is CC(C)C[C@@H](NC(=O)c1ccc(OC2CCC2)cc1)C(=O)O. The highest BCUT2D eigenvalue weighted by molar-refractivity contribution is 5.96. The lowest BCUT2D eigenvalue weighted by atomic mass is 9.96. The fourth-order valence-corrected chi connectivity index (χ4v) is 2.30. The minimum absolute atomic E-state index is 0.194. The summed E-state index contributed by atoms with van der Waals surface area (Å²) in [5, 5.41) is 11.7. The summed E-state index contributed by atoms with van der Waals surface area (Å²) in [5.74, 6) is -0.437. The lowest BCUT2D eigenvalue weighted by Gasteiger charge is -2.26. The predicted octanol–water partition coefficient (Wildman–Crippen LogP) is 2.85. The minimum Gasteiger partial charge on any atom is -0.490 e. The van der Waals surface area contributed by atoms with E-state index < -0.39 is 12.0 Å². The summed E-state index contributed by atoms with van der Waals surface area (Å²) < 4.78 is 5.73. The molecule has 1 aliphatic carbocycles. The first-order chi connectivity index (χ1) is 10.5. The number of carbonyl (C=O) groups is 2. The normalized spacial score (nSPS) is 16.0. The molecular formula is C17H23NO4. The van der Waals surface area contributed by atoms with Gasteiger partial charge in [0.25, 0.3) is 5.91 Å². The van der Waals surface area contributed by atoms with Gasteiger partial charge in [-0.05, 0) is 55.9 Å². The van der Waals surface area contributed by atoms with Gasteiger partial charge in [-0.25, -0.2) is 4.79 Å². The summed E-state index contributed by atoms with van der Waals surface area (Å²) in [6.07, 6.45) is 4.07. The monoisotopic (exact) mass is 305 g/mol. The molecule has 0 aliphatic heterocycles. The van der Waals surface area contributed by atoms with Crippen molar-refractivity contribution in [2.24, 2.45) is 5.92 Å². The Balaban J connectivity index is 1.94. The van der Waals surface area contributed by atoms with Gasteiger partial charge in [0.2, 0.25) is 0 Å². The van der Waals surface area contributed by atoms with E-state index in [2.05, 4.69) is 5.32 Å². The minimum atomic E-state index is -1.01. The molecule has 120 valence electrons. The summed E-state index contributed by atoms with van der Waals surface area (Å²) in [5.41, 5.74) is 0.441. The van der Waals surface area contributed by atoms with E-state index in [4.69, 9.17) is 9.84 Å². The van der Waals surface area contributed by atoms with Crippen LogP contribution >= 0.6 is 0 Å². The predicted molar refractivity (Wildman–Crippen MR) is 83.1 cm³/mol. The third-order valence-electron chi connectivity index (χ3n) is 3.78. The number of amides is 1. The molecule has 0 saturated heterocycles. The van der Waals surface area contributed by atoms with Gasteiger partial charge in [-0.3, -0.25) is 4.79 Å². The molecule has 0 heterocycles. The van der Waals surface area contributed by atoms with E-state index >= 15 is 0 Å². The maximum atomic E-state index is 12.1. The van der Waals surface area contributed by atoms with E-state index in [9.17, 15) is 9.59 Å². The second-order valence-corrected chi connectivity index (χ2v) is 6.19. The fourth-order valence-electron chi connectivity index (χ4n) is 2.30. The van der Waals surface area contributed by atoms with Gasteiger partial charge in [0.05, 0.1) is 6.10 Å². The number of benzene rings is 1. The number of aliphatic carboxylic acids is 1. The van der Waals surface area contributed by atoms with Crippen molar-refractivity contribution >= 4 is 11.9 Å². The van der Waals surface area contributed by atoms with E-state index in [1.165, 1.54) is 6.42 Å². The average molecular weight is 305 g/mol. The zero-order valence-electron chi connectivity index (χ0n) is 13.0. The third kappa shape index (κ3) is 4.48. The van der Waals surface area contributed by atoms with Gasteiger partial charge in [-0.2, -0.15) is 0 Å². The molecule has 1 fully saturated rings. The molecule has 1 aliphatic rings. The largest absolute Gasteiger partial charge is 0.490 e. The number of hydrogen-bond acceptors (Lipinski definition) is 3. The van der Waals surface area contributed by atoms with Crippen molar-refractivity contribution in [1.29, 1.82) is 0 Å². The zero-order valence-corrected chi connectivity index (χ0v) is 13.0. The van der Waals surface area contributed by atoms with Gasteiger partial charge in [0, 0.05) is 5.56 Å². The molecule has 0 radical (unpaired) electrons. The second kappa shape index (κ2) is 7.29. The molecule has 1 amide bonds. The van der Waals surface area contributed by atoms with Crippen molar-refractivity contribution in [3.8, 4) is 5.75 Å². The molecule has 2 N–H and O–H groups in total. The lowest BCUT2D eigenvalue weighted by Crippen LogP contribution is -2.41. The number of carbonyl (C=O) groups excluding carboxylic acids is 1. The summed E-state index contributed by atoms with van der Waals surface area (Å²) >= 11 is 0. The fraction of sp³-hybridized carbons (Fsp3) is 0.529. The first kappa shape index (κ1) is 16.3. The first-order valence-corrected chi connectivity index (χ1v) is 7.76. The van der Waals surface area contributed by atoms with Gasteiger partial charge in [0.15, 0.2) is 0 Å². The number of hydrogen-bond donors (Lipinski definition) is 2. The Morgan fingerprint density at radius 3 is 2.36 bits per heavy atom. The number of carboxylic acids is 1. The highest BCUT2D eigenvalue weighted by atomic mass is 16.5. The summed E-state index contributed by atoms with van der Waals surface area (Å²) in [7, 11) is 0. The molecule has 1 aromatic rings. The quantitative estimate of drug-likeness (QED) is 0.812. The van der Waals surface area contributed by atoms with Crippen molar-refractivity contribution in [1.82, 2.24) is 5.32 Å². The topological polar surface area (TPSA) is 75.6 Å². The van der Waals surface area contributed by atoms with Crippen molar-refractivity contribution in [3.63, 3.8) is 0 Å². The van der Waals surface area contributed by atoms with Crippen LogP contribution in [-0.2, 0) is 4.79 Å². The van der Waals surface area contributed by atoms with E-state index in [-0.39, 0.29) is 11.8 Å². The molecule has 0 aromatic heterocycles. The van der Waals surface area contributed by atoms with Gasteiger partial charge in [0.1, 0.15) is 11.8 Å². The van der Waals surface area contributed by atoms with Gasteiger partial charge in [-0.15, -0.1) is 0 Å². The Bertz CT molecular complexity index is 520. The zero-order chi connectivity index (χ0) is 16.1. The van der Waals surface area contributed by atoms with Crippen LogP contribution in [0.25, 0.3) is 0 Å². The van der Waals surface area contributed by atoms with Crippen LogP contribution in [-0.4, -0.2) is 29.1 Å². The van der Waals surface area contributed by atoms with Crippen LogP contribution < -0.4 is 10.1 Å². The van der Waals surface area contributed by atoms with E-state index in [1.807, 2.05) is 13.8 Å². The van der Waals surface area contributed by atoms with E-state index in [0.717, 1.165) is 18.6 Å². The molecule has 0 unspecified atom stereocenters. The number of rotatable bonds is 7. The van der Waals surface area contributed by atoms with Crippen LogP contribution in [0.15, 0.2) is 24.3 Å². The van der Waals surface area contributed by atoms with Crippen LogP contribution in [0.2, 0.25) is 0 Å². The summed E-state index contributed by atoms with van der Waals surface area (Å²) in [4.78, 5) is 23.3. The van der Waals surface area contributed by atoms with Crippen LogP contribution in [0.4, 0.5) is 0 Å². The first-order valence-electron chi connectivity index (χ1n) is 7.76. The van der Waals surface area contributed by atoms with Crippen molar-refractivity contribution in [2.45, 2.75) is 51.7 Å². The van der Waals surface area contributed by atoms with Crippen molar-refractivity contribution in [3.05, 3.63) is 29.8 Å². The molecule has 1 aromatic carbocycles. The molecule has 0 spiro atoms. The molecule has 22 heavy (non-hydrogen) atoms.